The smallest absolute Gasteiger partial charge is 0.335 e. The second-order valence-electron chi connectivity index (χ2n) is 7.38. The third-order valence-electron chi connectivity index (χ3n) is 5.00. The van der Waals surface area contributed by atoms with Crippen molar-refractivity contribution in [3.05, 3.63) is 99.0 Å². The molecule has 4 amide bonds. The molecule has 8 heteroatoms. The van der Waals surface area contributed by atoms with E-state index in [1.165, 1.54) is 12.1 Å². The van der Waals surface area contributed by atoms with Gasteiger partial charge in [-0.15, -0.1) is 0 Å². The lowest BCUT2D eigenvalue weighted by molar-refractivity contribution is -0.122. The van der Waals surface area contributed by atoms with Crippen molar-refractivity contribution < 1.29 is 19.1 Å². The molecule has 1 saturated heterocycles. The summed E-state index contributed by atoms with van der Waals surface area (Å²) in [6.07, 6.45) is 1.42. The quantitative estimate of drug-likeness (QED) is 0.383. The number of halogens is 2. The number of anilines is 1. The van der Waals surface area contributed by atoms with Gasteiger partial charge >= 0.3 is 6.03 Å². The molecule has 0 bridgehead atoms. The first-order valence-electron chi connectivity index (χ1n) is 9.97. The molecular weight excluding hydrogens is 463 g/mol. The summed E-state index contributed by atoms with van der Waals surface area (Å²) in [5.41, 5.74) is 2.40. The van der Waals surface area contributed by atoms with Crippen LogP contribution in [0.3, 0.4) is 0 Å². The number of imide groups is 2. The molecule has 0 radical (unpaired) electrons. The van der Waals surface area contributed by atoms with E-state index in [9.17, 15) is 14.4 Å². The number of benzene rings is 3. The Morgan fingerprint density at radius 1 is 0.970 bits per heavy atom. The molecule has 0 aromatic heterocycles. The first-order chi connectivity index (χ1) is 15.8. The average molecular weight is 481 g/mol. The first kappa shape index (κ1) is 22.6. The van der Waals surface area contributed by atoms with Gasteiger partial charge in [0.15, 0.2) is 0 Å². The Hall–Kier alpha value is -3.61. The van der Waals surface area contributed by atoms with E-state index in [-0.39, 0.29) is 11.3 Å². The number of ether oxygens (including phenoxy) is 1. The highest BCUT2D eigenvalue weighted by molar-refractivity contribution is 6.39. The Morgan fingerprint density at radius 2 is 1.73 bits per heavy atom. The highest BCUT2D eigenvalue weighted by Gasteiger charge is 2.37. The van der Waals surface area contributed by atoms with Gasteiger partial charge in [0.25, 0.3) is 11.8 Å². The van der Waals surface area contributed by atoms with Crippen LogP contribution in [0.15, 0.2) is 72.3 Å². The van der Waals surface area contributed by atoms with E-state index in [1.807, 2.05) is 12.1 Å². The van der Waals surface area contributed by atoms with E-state index >= 15 is 0 Å². The van der Waals surface area contributed by atoms with Crippen molar-refractivity contribution in [2.45, 2.75) is 13.5 Å². The number of aryl methyl sites for hydroxylation is 1. The predicted molar refractivity (Wildman–Crippen MR) is 127 cm³/mol. The van der Waals surface area contributed by atoms with Crippen LogP contribution in [0.1, 0.15) is 16.7 Å². The fourth-order valence-electron chi connectivity index (χ4n) is 3.22. The molecule has 0 saturated carbocycles. The molecule has 1 aliphatic heterocycles. The maximum atomic E-state index is 13.1. The van der Waals surface area contributed by atoms with Crippen LogP contribution in [0.4, 0.5) is 10.5 Å². The summed E-state index contributed by atoms with van der Waals surface area (Å²) >= 11 is 12.1. The van der Waals surface area contributed by atoms with Gasteiger partial charge in [0.1, 0.15) is 17.9 Å². The van der Waals surface area contributed by atoms with E-state index in [0.29, 0.717) is 28.0 Å². The number of carbonyl (C=O) groups is 3. The van der Waals surface area contributed by atoms with E-state index in [4.69, 9.17) is 27.9 Å². The van der Waals surface area contributed by atoms with Crippen LogP contribution < -0.4 is 15.0 Å². The molecular formula is C25H18Cl2N2O4. The van der Waals surface area contributed by atoms with Crippen molar-refractivity contribution >= 4 is 52.8 Å². The molecule has 6 nitrogen and oxygen atoms in total. The Balaban J connectivity index is 1.58. The van der Waals surface area contributed by atoms with Crippen LogP contribution in [0.25, 0.3) is 6.08 Å². The molecule has 0 atom stereocenters. The minimum Gasteiger partial charge on any atom is -0.489 e. The Labute approximate surface area is 200 Å². The van der Waals surface area contributed by atoms with Gasteiger partial charge in [0.05, 0.1) is 5.69 Å². The summed E-state index contributed by atoms with van der Waals surface area (Å²) in [7, 11) is 0. The number of amides is 4. The summed E-state index contributed by atoms with van der Waals surface area (Å²) in [4.78, 5) is 38.8. The standard InChI is InChI=1S/C25H18Cl2N2O4/c1-15-5-10-19(13-22(15)27)29-24(31)21(23(30)28-25(29)32)12-17-3-2-4-20(11-17)33-14-16-6-8-18(26)9-7-16/h2-13H,14H2,1H3,(H,28,30,32). The highest BCUT2D eigenvalue weighted by atomic mass is 35.5. The molecule has 1 fully saturated rings. The maximum Gasteiger partial charge on any atom is 0.335 e. The second kappa shape index (κ2) is 9.48. The predicted octanol–water partition coefficient (Wildman–Crippen LogP) is 5.55. The van der Waals surface area contributed by atoms with Crippen molar-refractivity contribution in [3.8, 4) is 5.75 Å². The molecule has 3 aromatic carbocycles. The summed E-state index contributed by atoms with van der Waals surface area (Å²) < 4.78 is 5.81. The fraction of sp³-hybridized carbons (Fsp3) is 0.0800. The number of hydrogen-bond donors (Lipinski definition) is 1. The van der Waals surface area contributed by atoms with Crippen molar-refractivity contribution in [2.75, 3.05) is 4.90 Å². The Bertz CT molecular complexity index is 1290. The summed E-state index contributed by atoms with van der Waals surface area (Å²) in [5.74, 6) is -0.954. The molecule has 1 heterocycles. The number of hydrogen-bond acceptors (Lipinski definition) is 4. The van der Waals surface area contributed by atoms with Gasteiger partial charge in [0.2, 0.25) is 0 Å². The van der Waals surface area contributed by atoms with Crippen LogP contribution in [-0.4, -0.2) is 17.8 Å². The largest absolute Gasteiger partial charge is 0.489 e. The third kappa shape index (κ3) is 5.08. The third-order valence-corrected chi connectivity index (χ3v) is 5.66. The summed E-state index contributed by atoms with van der Waals surface area (Å²) in [6.45, 7) is 2.13. The molecule has 166 valence electrons. The molecule has 4 rings (SSSR count). The first-order valence-corrected chi connectivity index (χ1v) is 10.7. The monoisotopic (exact) mass is 480 g/mol. The van der Waals surface area contributed by atoms with Gasteiger partial charge in [0, 0.05) is 10.0 Å². The number of nitrogens with zero attached hydrogens (tertiary/aromatic N) is 1. The molecule has 0 spiro atoms. The zero-order chi connectivity index (χ0) is 23.5. The van der Waals surface area contributed by atoms with Gasteiger partial charge in [-0.3, -0.25) is 14.9 Å². The molecule has 1 aliphatic rings. The highest BCUT2D eigenvalue weighted by Crippen LogP contribution is 2.27. The van der Waals surface area contributed by atoms with Crippen LogP contribution in [0.5, 0.6) is 5.75 Å². The number of barbiturate groups is 1. The van der Waals surface area contributed by atoms with Crippen molar-refractivity contribution in [2.24, 2.45) is 0 Å². The van der Waals surface area contributed by atoms with E-state index in [1.54, 1.807) is 55.5 Å². The van der Waals surface area contributed by atoms with Gasteiger partial charge in [-0.1, -0.05) is 53.5 Å². The Morgan fingerprint density at radius 3 is 2.45 bits per heavy atom. The van der Waals surface area contributed by atoms with E-state index < -0.39 is 17.8 Å². The number of urea groups is 1. The number of nitrogens with one attached hydrogen (secondary N) is 1. The SMILES string of the molecule is Cc1ccc(N2C(=O)NC(=O)C(=Cc3cccc(OCc4ccc(Cl)cc4)c3)C2=O)cc1Cl. The lowest BCUT2D eigenvalue weighted by Crippen LogP contribution is -2.54. The normalized spacial score (nSPS) is 15.1. The molecule has 0 unspecified atom stereocenters. The van der Waals surface area contributed by atoms with Crippen LogP contribution >= 0.6 is 23.2 Å². The summed E-state index contributed by atoms with van der Waals surface area (Å²) in [5, 5.41) is 3.25. The van der Waals surface area contributed by atoms with Crippen LogP contribution in [-0.2, 0) is 16.2 Å². The zero-order valence-corrected chi connectivity index (χ0v) is 19.0. The lowest BCUT2D eigenvalue weighted by Gasteiger charge is -2.26. The average Bonchev–Trinajstić information content (AvgIpc) is 2.79. The molecule has 33 heavy (non-hydrogen) atoms. The second-order valence-corrected chi connectivity index (χ2v) is 8.22. The van der Waals surface area contributed by atoms with Crippen LogP contribution in [0.2, 0.25) is 10.0 Å². The van der Waals surface area contributed by atoms with Gasteiger partial charge in [-0.2, -0.15) is 0 Å². The minimum absolute atomic E-state index is 0.179. The van der Waals surface area contributed by atoms with Crippen molar-refractivity contribution in [3.63, 3.8) is 0 Å². The fourth-order valence-corrected chi connectivity index (χ4v) is 3.52. The van der Waals surface area contributed by atoms with Crippen molar-refractivity contribution in [1.29, 1.82) is 0 Å². The Kier molecular flexibility index (Phi) is 6.49. The van der Waals surface area contributed by atoms with E-state index in [2.05, 4.69) is 5.32 Å². The van der Waals surface area contributed by atoms with E-state index in [0.717, 1.165) is 16.0 Å². The topological polar surface area (TPSA) is 75.7 Å². The number of carbonyl (C=O) groups excluding carboxylic acids is 3. The molecule has 0 aliphatic carbocycles. The molecule has 1 N–H and O–H groups in total. The van der Waals surface area contributed by atoms with Gasteiger partial charge < -0.3 is 4.74 Å². The number of rotatable bonds is 5. The van der Waals surface area contributed by atoms with Gasteiger partial charge in [-0.05, 0) is 66.1 Å². The van der Waals surface area contributed by atoms with Gasteiger partial charge in [-0.25, -0.2) is 9.69 Å². The molecule has 3 aromatic rings. The minimum atomic E-state index is -0.831. The van der Waals surface area contributed by atoms with Crippen molar-refractivity contribution in [1.82, 2.24) is 5.32 Å². The maximum absolute atomic E-state index is 13.1. The lowest BCUT2D eigenvalue weighted by atomic mass is 10.1. The zero-order valence-electron chi connectivity index (χ0n) is 17.5. The van der Waals surface area contributed by atoms with Crippen LogP contribution in [0, 0.1) is 6.92 Å². The summed E-state index contributed by atoms with van der Waals surface area (Å²) in [6, 6.07) is 18.2.